The number of carbonyl (C=O) groups excluding carboxylic acids is 1. The summed E-state index contributed by atoms with van der Waals surface area (Å²) >= 11 is 12.1. The van der Waals surface area contributed by atoms with E-state index in [-0.39, 0.29) is 12.5 Å². The summed E-state index contributed by atoms with van der Waals surface area (Å²) in [6, 6.07) is 3.52. The molecule has 0 fully saturated rings. The van der Waals surface area contributed by atoms with Crippen molar-refractivity contribution in [3.05, 3.63) is 27.7 Å². The van der Waals surface area contributed by atoms with Crippen LogP contribution in [-0.2, 0) is 4.79 Å². The van der Waals surface area contributed by atoms with Crippen LogP contribution in [0.3, 0.4) is 0 Å². The number of aryl methyl sites for hydroxylation is 1. The molecule has 1 rings (SSSR count). The van der Waals surface area contributed by atoms with Crippen molar-refractivity contribution in [3.8, 4) is 0 Å². The van der Waals surface area contributed by atoms with Gasteiger partial charge in [0.1, 0.15) is 0 Å². The van der Waals surface area contributed by atoms with Gasteiger partial charge in [-0.3, -0.25) is 4.79 Å². The molecule has 5 heteroatoms. The standard InChI is InChI=1S/C14H20Cl2N2O/c1-9(2)4-5-17-14(19)8-18-13-7-11(15)10(3)6-12(13)16/h6-7,9,18H,4-5,8H2,1-3H3,(H,17,19). The predicted octanol–water partition coefficient (Wildman–Crippen LogP) is 3.88. The van der Waals surface area contributed by atoms with E-state index in [0.29, 0.717) is 28.2 Å². The van der Waals surface area contributed by atoms with E-state index in [2.05, 4.69) is 24.5 Å². The minimum absolute atomic E-state index is 0.0478. The maximum absolute atomic E-state index is 11.6. The van der Waals surface area contributed by atoms with Gasteiger partial charge in [0, 0.05) is 11.6 Å². The first-order valence-corrected chi connectivity index (χ1v) is 7.12. The lowest BCUT2D eigenvalue weighted by molar-refractivity contribution is -0.119. The molecule has 1 aromatic carbocycles. The van der Waals surface area contributed by atoms with Gasteiger partial charge in [0.15, 0.2) is 0 Å². The van der Waals surface area contributed by atoms with Gasteiger partial charge in [-0.15, -0.1) is 0 Å². The third-order valence-electron chi connectivity index (χ3n) is 2.73. The smallest absolute Gasteiger partial charge is 0.239 e. The van der Waals surface area contributed by atoms with Gasteiger partial charge < -0.3 is 10.6 Å². The summed E-state index contributed by atoms with van der Waals surface area (Å²) in [5.74, 6) is 0.534. The first-order valence-electron chi connectivity index (χ1n) is 6.36. The molecule has 0 saturated carbocycles. The molecule has 0 unspecified atom stereocenters. The van der Waals surface area contributed by atoms with Gasteiger partial charge in [-0.05, 0) is 37.0 Å². The summed E-state index contributed by atoms with van der Waals surface area (Å²) < 4.78 is 0. The molecular formula is C14H20Cl2N2O. The van der Waals surface area contributed by atoms with Gasteiger partial charge in [-0.25, -0.2) is 0 Å². The predicted molar refractivity (Wildman–Crippen MR) is 82.2 cm³/mol. The average Bonchev–Trinajstić information content (AvgIpc) is 2.31. The van der Waals surface area contributed by atoms with Crippen molar-refractivity contribution in [1.82, 2.24) is 5.32 Å². The second-order valence-electron chi connectivity index (χ2n) is 4.97. The minimum atomic E-state index is -0.0478. The van der Waals surface area contributed by atoms with Gasteiger partial charge >= 0.3 is 0 Å². The van der Waals surface area contributed by atoms with Crippen LogP contribution >= 0.6 is 23.2 Å². The molecule has 0 atom stereocenters. The molecule has 3 nitrogen and oxygen atoms in total. The average molecular weight is 303 g/mol. The molecule has 106 valence electrons. The van der Waals surface area contributed by atoms with Crippen LogP contribution in [-0.4, -0.2) is 19.0 Å². The van der Waals surface area contributed by atoms with Gasteiger partial charge in [0.05, 0.1) is 17.3 Å². The molecule has 0 aliphatic heterocycles. The number of hydrogen-bond acceptors (Lipinski definition) is 2. The van der Waals surface area contributed by atoms with Crippen LogP contribution in [0.5, 0.6) is 0 Å². The number of halogens is 2. The fourth-order valence-corrected chi connectivity index (χ4v) is 1.97. The summed E-state index contributed by atoms with van der Waals surface area (Å²) in [6.07, 6.45) is 0.975. The molecule has 0 bridgehead atoms. The highest BCUT2D eigenvalue weighted by Crippen LogP contribution is 2.28. The largest absolute Gasteiger partial charge is 0.375 e. The zero-order chi connectivity index (χ0) is 14.4. The van der Waals surface area contributed by atoms with Gasteiger partial charge in [0.2, 0.25) is 5.91 Å². The lowest BCUT2D eigenvalue weighted by Crippen LogP contribution is -2.31. The van der Waals surface area contributed by atoms with Crippen LogP contribution in [0.1, 0.15) is 25.8 Å². The quantitative estimate of drug-likeness (QED) is 0.837. The molecule has 0 aromatic heterocycles. The van der Waals surface area contributed by atoms with E-state index in [4.69, 9.17) is 23.2 Å². The Kier molecular flexibility index (Phi) is 6.46. The summed E-state index contributed by atoms with van der Waals surface area (Å²) in [5, 5.41) is 7.04. The highest BCUT2D eigenvalue weighted by atomic mass is 35.5. The number of nitrogens with one attached hydrogen (secondary N) is 2. The van der Waals surface area contributed by atoms with E-state index in [9.17, 15) is 4.79 Å². The Hall–Kier alpha value is -0.930. The molecule has 0 heterocycles. The van der Waals surface area contributed by atoms with Crippen LogP contribution in [0.2, 0.25) is 10.0 Å². The van der Waals surface area contributed by atoms with Gasteiger partial charge in [0.25, 0.3) is 0 Å². The maximum atomic E-state index is 11.6. The van der Waals surface area contributed by atoms with Crippen molar-refractivity contribution < 1.29 is 4.79 Å². The monoisotopic (exact) mass is 302 g/mol. The molecule has 0 saturated heterocycles. The molecule has 0 aliphatic carbocycles. The van der Waals surface area contributed by atoms with Crippen LogP contribution in [0.15, 0.2) is 12.1 Å². The molecule has 1 amide bonds. The summed E-state index contributed by atoms with van der Waals surface area (Å²) in [4.78, 5) is 11.6. The lowest BCUT2D eigenvalue weighted by Gasteiger charge is -2.11. The zero-order valence-corrected chi connectivity index (χ0v) is 13.0. The molecule has 2 N–H and O–H groups in total. The molecular weight excluding hydrogens is 283 g/mol. The number of rotatable bonds is 6. The molecule has 0 spiro atoms. The van der Waals surface area contributed by atoms with E-state index in [1.807, 2.05) is 6.92 Å². The van der Waals surface area contributed by atoms with Crippen LogP contribution in [0.4, 0.5) is 5.69 Å². The summed E-state index contributed by atoms with van der Waals surface area (Å²) in [6.45, 7) is 7.02. The number of amides is 1. The summed E-state index contributed by atoms with van der Waals surface area (Å²) in [5.41, 5.74) is 1.59. The SMILES string of the molecule is Cc1cc(Cl)c(NCC(=O)NCCC(C)C)cc1Cl. The Labute approximate surface area is 124 Å². The van der Waals surface area contributed by atoms with Crippen molar-refractivity contribution in [3.63, 3.8) is 0 Å². The number of anilines is 1. The first-order chi connectivity index (χ1) is 8.90. The normalized spacial score (nSPS) is 10.6. The van der Waals surface area contributed by atoms with Gasteiger partial charge in [-0.2, -0.15) is 0 Å². The number of benzene rings is 1. The van der Waals surface area contributed by atoms with Crippen molar-refractivity contribution in [2.45, 2.75) is 27.2 Å². The third kappa shape index (κ3) is 5.70. The van der Waals surface area contributed by atoms with E-state index in [1.165, 1.54) is 0 Å². The Morgan fingerprint density at radius 3 is 2.58 bits per heavy atom. The Bertz CT molecular complexity index is 447. The van der Waals surface area contributed by atoms with E-state index < -0.39 is 0 Å². The first kappa shape index (κ1) is 16.1. The zero-order valence-electron chi connectivity index (χ0n) is 11.5. The van der Waals surface area contributed by atoms with Crippen molar-refractivity contribution in [1.29, 1.82) is 0 Å². The van der Waals surface area contributed by atoms with Crippen molar-refractivity contribution in [2.75, 3.05) is 18.4 Å². The maximum Gasteiger partial charge on any atom is 0.239 e. The fourth-order valence-electron chi connectivity index (χ4n) is 1.52. The Balaban J connectivity index is 2.44. The van der Waals surface area contributed by atoms with Crippen molar-refractivity contribution >= 4 is 34.8 Å². The topological polar surface area (TPSA) is 41.1 Å². The second kappa shape index (κ2) is 7.61. The van der Waals surface area contributed by atoms with Crippen LogP contribution in [0.25, 0.3) is 0 Å². The Morgan fingerprint density at radius 1 is 1.26 bits per heavy atom. The molecule has 19 heavy (non-hydrogen) atoms. The molecule has 0 aliphatic rings. The lowest BCUT2D eigenvalue weighted by atomic mass is 10.1. The van der Waals surface area contributed by atoms with Gasteiger partial charge in [-0.1, -0.05) is 37.0 Å². The number of carbonyl (C=O) groups is 1. The van der Waals surface area contributed by atoms with Crippen LogP contribution in [0, 0.1) is 12.8 Å². The minimum Gasteiger partial charge on any atom is -0.375 e. The fraction of sp³-hybridized carbons (Fsp3) is 0.500. The highest BCUT2D eigenvalue weighted by Gasteiger charge is 2.06. The molecule has 0 radical (unpaired) electrons. The highest BCUT2D eigenvalue weighted by molar-refractivity contribution is 6.35. The van der Waals surface area contributed by atoms with Crippen LogP contribution < -0.4 is 10.6 Å². The van der Waals surface area contributed by atoms with E-state index in [1.54, 1.807) is 12.1 Å². The van der Waals surface area contributed by atoms with E-state index in [0.717, 1.165) is 12.0 Å². The Morgan fingerprint density at radius 2 is 1.95 bits per heavy atom. The third-order valence-corrected chi connectivity index (χ3v) is 3.45. The summed E-state index contributed by atoms with van der Waals surface area (Å²) in [7, 11) is 0. The second-order valence-corrected chi connectivity index (χ2v) is 5.78. The van der Waals surface area contributed by atoms with Crippen molar-refractivity contribution in [2.24, 2.45) is 5.92 Å². The number of hydrogen-bond donors (Lipinski definition) is 2. The molecule has 1 aromatic rings. The van der Waals surface area contributed by atoms with E-state index >= 15 is 0 Å².